The van der Waals surface area contributed by atoms with Crippen molar-refractivity contribution in [1.29, 1.82) is 0 Å². The molecule has 3 aromatic rings. The summed E-state index contributed by atoms with van der Waals surface area (Å²) < 4.78 is 27.2. The molecule has 218 valence electrons. The first-order valence-electron chi connectivity index (χ1n) is 14.3. The van der Waals surface area contributed by atoms with E-state index >= 15 is 0 Å². The maximum absolute atomic E-state index is 13.1. The van der Waals surface area contributed by atoms with E-state index < -0.39 is 10.0 Å². The first-order chi connectivity index (χ1) is 19.8. The lowest BCUT2D eigenvalue weighted by Gasteiger charge is -2.35. The minimum atomic E-state index is -3.45. The van der Waals surface area contributed by atoms with Gasteiger partial charge in [0.2, 0.25) is 16.0 Å². The molecule has 2 aliphatic rings. The Bertz CT molecular complexity index is 1420. The SMILES string of the molecule is CN(C)CCCN1CCN(C(=O)c2ccc(Nc3nccc(-c4ccc(S(=O)(=O)N5CCCC5)cc4)n3)cc2)CC1. The first-order valence-corrected chi connectivity index (χ1v) is 15.7. The topological polar surface area (TPSA) is 102 Å². The minimum Gasteiger partial charge on any atom is -0.336 e. The zero-order chi connectivity index (χ0) is 28.8. The second kappa shape index (κ2) is 13.1. The third kappa shape index (κ3) is 7.28. The smallest absolute Gasteiger partial charge is 0.253 e. The molecule has 2 aromatic carbocycles. The average Bonchev–Trinajstić information content (AvgIpc) is 3.54. The molecule has 0 aliphatic carbocycles. The molecule has 0 saturated carbocycles. The van der Waals surface area contributed by atoms with Gasteiger partial charge in [0.1, 0.15) is 0 Å². The molecule has 1 aromatic heterocycles. The summed E-state index contributed by atoms with van der Waals surface area (Å²) in [6, 6.07) is 16.0. The molecule has 0 bridgehead atoms. The summed E-state index contributed by atoms with van der Waals surface area (Å²) in [5.41, 5.74) is 2.92. The van der Waals surface area contributed by atoms with Crippen LogP contribution < -0.4 is 5.32 Å². The lowest BCUT2D eigenvalue weighted by molar-refractivity contribution is 0.0634. The molecular weight excluding hydrogens is 538 g/mol. The van der Waals surface area contributed by atoms with Crippen molar-refractivity contribution in [3.05, 3.63) is 66.4 Å². The van der Waals surface area contributed by atoms with Crippen molar-refractivity contribution in [3.8, 4) is 11.3 Å². The Balaban J connectivity index is 1.17. The summed E-state index contributed by atoms with van der Waals surface area (Å²) in [6.45, 7) is 6.60. The van der Waals surface area contributed by atoms with Gasteiger partial charge in [-0.15, -0.1) is 0 Å². The van der Waals surface area contributed by atoms with Gasteiger partial charge in [-0.1, -0.05) is 12.1 Å². The van der Waals surface area contributed by atoms with Gasteiger partial charge in [0.05, 0.1) is 10.6 Å². The molecule has 1 N–H and O–H groups in total. The van der Waals surface area contributed by atoms with Crippen LogP contribution in [0.5, 0.6) is 0 Å². The number of aromatic nitrogens is 2. The number of nitrogens with zero attached hydrogens (tertiary/aromatic N) is 6. The largest absolute Gasteiger partial charge is 0.336 e. The summed E-state index contributed by atoms with van der Waals surface area (Å²) in [7, 11) is 0.729. The van der Waals surface area contributed by atoms with E-state index in [0.29, 0.717) is 35.2 Å². The zero-order valence-corrected chi connectivity index (χ0v) is 24.7. The van der Waals surface area contributed by atoms with Gasteiger partial charge >= 0.3 is 0 Å². The van der Waals surface area contributed by atoms with Crippen LogP contribution in [-0.4, -0.2) is 110 Å². The number of amides is 1. The summed E-state index contributed by atoms with van der Waals surface area (Å²) in [6.07, 6.45) is 4.61. The van der Waals surface area contributed by atoms with Crippen LogP contribution in [0, 0.1) is 0 Å². The fourth-order valence-electron chi connectivity index (χ4n) is 5.25. The quantitative estimate of drug-likeness (QED) is 0.391. The molecular formula is C30H39N7O3S. The van der Waals surface area contributed by atoms with Crippen molar-refractivity contribution in [2.75, 3.05) is 71.8 Å². The third-order valence-corrected chi connectivity index (χ3v) is 9.55. The summed E-state index contributed by atoms with van der Waals surface area (Å²) >= 11 is 0. The van der Waals surface area contributed by atoms with E-state index in [2.05, 4.69) is 39.2 Å². The number of rotatable bonds is 10. The Morgan fingerprint density at radius 2 is 1.59 bits per heavy atom. The zero-order valence-electron chi connectivity index (χ0n) is 23.9. The monoisotopic (exact) mass is 577 g/mol. The highest BCUT2D eigenvalue weighted by atomic mass is 32.2. The number of piperazine rings is 1. The Kier molecular flexibility index (Phi) is 9.29. The number of carbonyl (C=O) groups is 1. The maximum atomic E-state index is 13.1. The molecule has 5 rings (SSSR count). The van der Waals surface area contributed by atoms with Crippen LogP contribution in [-0.2, 0) is 10.0 Å². The third-order valence-electron chi connectivity index (χ3n) is 7.64. The van der Waals surface area contributed by atoms with Crippen molar-refractivity contribution in [2.45, 2.75) is 24.2 Å². The molecule has 41 heavy (non-hydrogen) atoms. The second-order valence-corrected chi connectivity index (χ2v) is 12.8. The highest BCUT2D eigenvalue weighted by Crippen LogP contribution is 2.25. The van der Waals surface area contributed by atoms with E-state index in [1.807, 2.05) is 29.2 Å². The molecule has 3 heterocycles. The van der Waals surface area contributed by atoms with Crippen molar-refractivity contribution < 1.29 is 13.2 Å². The fraction of sp³-hybridized carbons (Fsp3) is 0.433. The molecule has 0 spiro atoms. The van der Waals surface area contributed by atoms with Gasteiger partial charge in [-0.2, -0.15) is 4.31 Å². The Hall–Kier alpha value is -3.38. The van der Waals surface area contributed by atoms with Crippen LogP contribution >= 0.6 is 0 Å². The number of nitrogens with one attached hydrogen (secondary N) is 1. The molecule has 0 radical (unpaired) electrons. The highest BCUT2D eigenvalue weighted by Gasteiger charge is 2.27. The predicted molar refractivity (Wildman–Crippen MR) is 161 cm³/mol. The number of anilines is 2. The fourth-order valence-corrected chi connectivity index (χ4v) is 6.76. The van der Waals surface area contributed by atoms with Crippen LogP contribution in [0.3, 0.4) is 0 Å². The summed E-state index contributed by atoms with van der Waals surface area (Å²) in [5, 5.41) is 3.21. The van der Waals surface area contributed by atoms with Gasteiger partial charge in [-0.3, -0.25) is 9.69 Å². The van der Waals surface area contributed by atoms with Gasteiger partial charge in [0.25, 0.3) is 5.91 Å². The molecule has 11 heteroatoms. The molecule has 2 aliphatic heterocycles. The Morgan fingerprint density at radius 1 is 0.902 bits per heavy atom. The predicted octanol–water partition coefficient (Wildman–Crippen LogP) is 3.38. The number of carbonyl (C=O) groups excluding carboxylic acids is 1. The van der Waals surface area contributed by atoms with Crippen LogP contribution in [0.25, 0.3) is 11.3 Å². The van der Waals surface area contributed by atoms with E-state index in [9.17, 15) is 13.2 Å². The first kappa shape index (κ1) is 29.1. The van der Waals surface area contributed by atoms with E-state index in [0.717, 1.165) is 69.8 Å². The standard InChI is InChI=1S/C30H39N7O3S/c1-34(2)16-5-17-35-20-22-36(23-21-35)29(38)25-6-10-26(11-7-25)32-30-31-15-14-28(33-30)24-8-12-27(13-9-24)41(39,40)37-18-3-4-19-37/h6-15H,3-5,16-23H2,1-2H3,(H,31,32,33). The second-order valence-electron chi connectivity index (χ2n) is 10.9. The van der Waals surface area contributed by atoms with Crippen LogP contribution in [0.15, 0.2) is 65.7 Å². The minimum absolute atomic E-state index is 0.0536. The van der Waals surface area contributed by atoms with Gasteiger partial charge < -0.3 is 15.1 Å². The molecule has 2 fully saturated rings. The van der Waals surface area contributed by atoms with Crippen LogP contribution in [0.2, 0.25) is 0 Å². The summed E-state index contributed by atoms with van der Waals surface area (Å²) in [5.74, 6) is 0.471. The van der Waals surface area contributed by atoms with Gasteiger partial charge in [0, 0.05) is 62.3 Å². The Morgan fingerprint density at radius 3 is 2.24 bits per heavy atom. The van der Waals surface area contributed by atoms with Gasteiger partial charge in [0.15, 0.2) is 0 Å². The van der Waals surface area contributed by atoms with Gasteiger partial charge in [-0.05, 0) is 88.9 Å². The number of benzene rings is 2. The van der Waals surface area contributed by atoms with E-state index in [-0.39, 0.29) is 5.91 Å². The normalized spacial score (nSPS) is 16.8. The number of sulfonamides is 1. The Labute approximate surface area is 243 Å². The van der Waals surface area contributed by atoms with Crippen molar-refractivity contribution in [1.82, 2.24) is 29.0 Å². The average molecular weight is 578 g/mol. The van der Waals surface area contributed by atoms with Crippen molar-refractivity contribution in [3.63, 3.8) is 0 Å². The van der Waals surface area contributed by atoms with E-state index in [1.165, 1.54) is 0 Å². The lowest BCUT2D eigenvalue weighted by atomic mass is 10.1. The molecule has 0 unspecified atom stereocenters. The van der Waals surface area contributed by atoms with Crippen LogP contribution in [0.4, 0.5) is 11.6 Å². The van der Waals surface area contributed by atoms with Crippen molar-refractivity contribution in [2.24, 2.45) is 0 Å². The van der Waals surface area contributed by atoms with Crippen LogP contribution in [0.1, 0.15) is 29.6 Å². The highest BCUT2D eigenvalue weighted by molar-refractivity contribution is 7.89. The van der Waals surface area contributed by atoms with Gasteiger partial charge in [-0.25, -0.2) is 18.4 Å². The molecule has 2 saturated heterocycles. The van der Waals surface area contributed by atoms with Crippen molar-refractivity contribution >= 4 is 27.6 Å². The maximum Gasteiger partial charge on any atom is 0.253 e. The molecule has 1 amide bonds. The number of hydrogen-bond acceptors (Lipinski definition) is 8. The lowest BCUT2D eigenvalue weighted by Crippen LogP contribution is -2.49. The van der Waals surface area contributed by atoms with E-state index in [1.54, 1.807) is 40.8 Å². The summed E-state index contributed by atoms with van der Waals surface area (Å²) in [4.78, 5) is 28.9. The van der Waals surface area contributed by atoms with E-state index in [4.69, 9.17) is 0 Å². The molecule has 0 atom stereocenters. The molecule has 10 nitrogen and oxygen atoms in total. The number of hydrogen-bond donors (Lipinski definition) is 1.